The van der Waals surface area contributed by atoms with Gasteiger partial charge in [0, 0.05) is 24.1 Å². The molecule has 1 saturated heterocycles. The first-order chi connectivity index (χ1) is 14.1. The Labute approximate surface area is 171 Å². The highest BCUT2D eigenvalue weighted by Gasteiger charge is 2.27. The first-order valence-corrected chi connectivity index (χ1v) is 9.61. The Morgan fingerprint density at radius 2 is 2.03 bits per heavy atom. The van der Waals surface area contributed by atoms with Gasteiger partial charge in [0.1, 0.15) is 11.3 Å². The van der Waals surface area contributed by atoms with Crippen LogP contribution in [0.3, 0.4) is 0 Å². The molecule has 160 valence electrons. The molecule has 10 heteroatoms. The lowest BCUT2D eigenvalue weighted by atomic mass is 10.0. The zero-order valence-corrected chi connectivity index (χ0v) is 16.9. The summed E-state index contributed by atoms with van der Waals surface area (Å²) >= 11 is 0. The van der Waals surface area contributed by atoms with Crippen molar-refractivity contribution < 1.29 is 23.7 Å². The Bertz CT molecular complexity index is 1100. The number of aliphatic hydroxyl groups is 2. The van der Waals surface area contributed by atoms with E-state index in [1.54, 1.807) is 20.8 Å². The highest BCUT2D eigenvalue weighted by molar-refractivity contribution is 5.63. The lowest BCUT2D eigenvalue weighted by Gasteiger charge is -2.28. The van der Waals surface area contributed by atoms with Crippen LogP contribution in [0.25, 0.3) is 16.9 Å². The van der Waals surface area contributed by atoms with Gasteiger partial charge in [-0.05, 0) is 33.3 Å². The van der Waals surface area contributed by atoms with Gasteiger partial charge in [-0.25, -0.2) is 23.7 Å². The van der Waals surface area contributed by atoms with Crippen LogP contribution < -0.4 is 5.32 Å². The lowest BCUT2D eigenvalue weighted by molar-refractivity contribution is -0.0136. The highest BCUT2D eigenvalue weighted by atomic mass is 19.1. The summed E-state index contributed by atoms with van der Waals surface area (Å²) in [5.41, 5.74) is -0.253. The topological polar surface area (TPSA) is 105 Å². The van der Waals surface area contributed by atoms with Gasteiger partial charge in [0.25, 0.3) is 0 Å². The molecule has 0 bridgehead atoms. The maximum atomic E-state index is 14.8. The van der Waals surface area contributed by atoms with Crippen LogP contribution in [-0.4, -0.2) is 54.9 Å². The number of hydrogen-bond donors (Lipinski definition) is 3. The summed E-state index contributed by atoms with van der Waals surface area (Å²) in [4.78, 5) is 12.3. The standard InChI is InChI=1S/C20H23F2N5O3/c1-10-17(20(2,3)29)26-18-12(21)6-11(8-27(10)18)16-13(22)7-23-19(25-16)24-14-4-5-30-9-15(14)28/h6-8,14-15,28-29H,4-5,9H2,1-3H3,(H,23,24,25)/t14-,15-/m1/s1. The molecule has 0 aliphatic carbocycles. The summed E-state index contributed by atoms with van der Waals surface area (Å²) in [6, 6.07) is 0.815. The van der Waals surface area contributed by atoms with Crippen LogP contribution in [0.4, 0.5) is 14.7 Å². The van der Waals surface area contributed by atoms with Crippen molar-refractivity contribution in [2.75, 3.05) is 18.5 Å². The van der Waals surface area contributed by atoms with E-state index >= 15 is 0 Å². The SMILES string of the molecule is Cc1c(C(C)(C)O)nc2c(F)cc(-c3nc(N[C@@H]4CCOC[C@H]4O)ncc3F)cn12. The van der Waals surface area contributed by atoms with E-state index in [1.807, 2.05) is 0 Å². The van der Waals surface area contributed by atoms with E-state index in [9.17, 15) is 19.0 Å². The molecule has 1 aliphatic rings. The molecule has 4 heterocycles. The number of ether oxygens (including phenoxy) is 1. The van der Waals surface area contributed by atoms with E-state index in [0.717, 1.165) is 12.3 Å². The Morgan fingerprint density at radius 1 is 1.27 bits per heavy atom. The Kier molecular flexibility index (Phi) is 5.16. The van der Waals surface area contributed by atoms with E-state index in [2.05, 4.69) is 20.3 Å². The second-order valence-electron chi connectivity index (χ2n) is 7.95. The van der Waals surface area contributed by atoms with Gasteiger partial charge in [-0.3, -0.25) is 0 Å². The number of nitrogens with one attached hydrogen (secondary N) is 1. The average molecular weight is 419 g/mol. The van der Waals surface area contributed by atoms with Crippen LogP contribution in [0, 0.1) is 18.6 Å². The predicted molar refractivity (Wildman–Crippen MR) is 105 cm³/mol. The molecule has 2 atom stereocenters. The van der Waals surface area contributed by atoms with Crippen molar-refractivity contribution in [1.82, 2.24) is 19.4 Å². The van der Waals surface area contributed by atoms with Gasteiger partial charge >= 0.3 is 0 Å². The Hall–Kier alpha value is -2.69. The lowest BCUT2D eigenvalue weighted by Crippen LogP contribution is -2.42. The van der Waals surface area contributed by atoms with Crippen molar-refractivity contribution in [3.8, 4) is 11.3 Å². The van der Waals surface area contributed by atoms with Crippen molar-refractivity contribution in [3.05, 3.63) is 41.5 Å². The number of rotatable bonds is 4. The predicted octanol–water partition coefficient (Wildman–Crippen LogP) is 2.17. The maximum Gasteiger partial charge on any atom is 0.223 e. The molecule has 30 heavy (non-hydrogen) atoms. The second kappa shape index (κ2) is 7.53. The molecule has 0 saturated carbocycles. The number of aromatic nitrogens is 4. The van der Waals surface area contributed by atoms with E-state index in [0.29, 0.717) is 24.4 Å². The third-order valence-electron chi connectivity index (χ3n) is 5.15. The molecule has 0 unspecified atom stereocenters. The fraction of sp³-hybridized carbons (Fsp3) is 0.450. The van der Waals surface area contributed by atoms with Gasteiger partial charge in [0.15, 0.2) is 17.3 Å². The zero-order valence-electron chi connectivity index (χ0n) is 16.9. The van der Waals surface area contributed by atoms with Gasteiger partial charge in [-0.2, -0.15) is 0 Å². The first kappa shape index (κ1) is 20.6. The second-order valence-corrected chi connectivity index (χ2v) is 7.95. The summed E-state index contributed by atoms with van der Waals surface area (Å²) in [7, 11) is 0. The van der Waals surface area contributed by atoms with Crippen LogP contribution in [0.15, 0.2) is 18.5 Å². The van der Waals surface area contributed by atoms with Crippen molar-refractivity contribution >= 4 is 11.6 Å². The number of fused-ring (bicyclic) bond motifs is 1. The van der Waals surface area contributed by atoms with Crippen molar-refractivity contribution in [3.63, 3.8) is 0 Å². The minimum absolute atomic E-state index is 0.0338. The smallest absolute Gasteiger partial charge is 0.223 e. The molecule has 0 amide bonds. The van der Waals surface area contributed by atoms with Gasteiger partial charge in [0.05, 0.1) is 30.6 Å². The molecule has 0 spiro atoms. The van der Waals surface area contributed by atoms with E-state index < -0.39 is 23.3 Å². The van der Waals surface area contributed by atoms with Crippen molar-refractivity contribution in [2.24, 2.45) is 0 Å². The summed E-state index contributed by atoms with van der Waals surface area (Å²) in [5, 5.41) is 23.3. The van der Waals surface area contributed by atoms with Crippen LogP contribution in [-0.2, 0) is 10.3 Å². The number of aryl methyl sites for hydroxylation is 1. The molecule has 4 rings (SSSR count). The number of anilines is 1. The Balaban J connectivity index is 1.75. The zero-order chi connectivity index (χ0) is 21.6. The molecule has 8 nitrogen and oxygen atoms in total. The summed E-state index contributed by atoms with van der Waals surface area (Å²) in [6.45, 7) is 5.50. The number of hydrogen-bond acceptors (Lipinski definition) is 7. The number of pyridine rings is 1. The number of aliphatic hydroxyl groups excluding tert-OH is 1. The fourth-order valence-electron chi connectivity index (χ4n) is 3.62. The molecule has 1 fully saturated rings. The minimum atomic E-state index is -1.26. The van der Waals surface area contributed by atoms with E-state index in [4.69, 9.17) is 4.74 Å². The van der Waals surface area contributed by atoms with Crippen molar-refractivity contribution in [2.45, 2.75) is 44.9 Å². The van der Waals surface area contributed by atoms with E-state index in [-0.39, 0.29) is 35.5 Å². The number of nitrogens with zero attached hydrogens (tertiary/aromatic N) is 4. The quantitative estimate of drug-likeness (QED) is 0.595. The maximum absolute atomic E-state index is 14.8. The molecule has 3 aromatic rings. The van der Waals surface area contributed by atoms with E-state index in [1.165, 1.54) is 10.6 Å². The summed E-state index contributed by atoms with van der Waals surface area (Å²) in [6.07, 6.45) is 2.33. The molecule has 0 radical (unpaired) electrons. The average Bonchev–Trinajstić information content (AvgIpc) is 3.03. The normalized spacial score (nSPS) is 20.0. The number of halogens is 2. The molecule has 0 aromatic carbocycles. The molecular weight excluding hydrogens is 396 g/mol. The molecular formula is C20H23F2N5O3. The monoisotopic (exact) mass is 419 g/mol. The van der Waals surface area contributed by atoms with Crippen molar-refractivity contribution in [1.29, 1.82) is 0 Å². The van der Waals surface area contributed by atoms with Crippen LogP contribution in [0.5, 0.6) is 0 Å². The molecule has 1 aliphatic heterocycles. The van der Waals surface area contributed by atoms with Crippen LogP contribution in [0.1, 0.15) is 31.7 Å². The van der Waals surface area contributed by atoms with Gasteiger partial charge in [-0.1, -0.05) is 0 Å². The van der Waals surface area contributed by atoms with Crippen LogP contribution >= 0.6 is 0 Å². The third-order valence-corrected chi connectivity index (χ3v) is 5.15. The third kappa shape index (κ3) is 3.73. The number of imidazole rings is 1. The van der Waals surface area contributed by atoms with Crippen LogP contribution in [0.2, 0.25) is 0 Å². The fourth-order valence-corrected chi connectivity index (χ4v) is 3.62. The summed E-state index contributed by atoms with van der Waals surface area (Å²) in [5.74, 6) is -1.26. The largest absolute Gasteiger partial charge is 0.389 e. The summed E-state index contributed by atoms with van der Waals surface area (Å²) < 4.78 is 36.0. The minimum Gasteiger partial charge on any atom is -0.389 e. The molecule has 3 aromatic heterocycles. The van der Waals surface area contributed by atoms with Gasteiger partial charge < -0.3 is 24.7 Å². The van der Waals surface area contributed by atoms with Gasteiger partial charge in [0.2, 0.25) is 5.95 Å². The Morgan fingerprint density at radius 3 is 2.73 bits per heavy atom. The highest BCUT2D eigenvalue weighted by Crippen LogP contribution is 2.29. The van der Waals surface area contributed by atoms with Gasteiger partial charge in [-0.15, -0.1) is 0 Å². The first-order valence-electron chi connectivity index (χ1n) is 9.61. The molecule has 3 N–H and O–H groups in total.